The molecule has 1 aliphatic heterocycles. The lowest BCUT2D eigenvalue weighted by Crippen LogP contribution is -2.40. The molecule has 1 aromatic heterocycles. The Morgan fingerprint density at radius 3 is 2.79 bits per heavy atom. The molecule has 0 bridgehead atoms. The van der Waals surface area contributed by atoms with Gasteiger partial charge >= 0.3 is 0 Å². The van der Waals surface area contributed by atoms with Gasteiger partial charge < -0.3 is 19.9 Å². The number of hydrogen-bond donors (Lipinski definition) is 2. The third-order valence-corrected chi connectivity index (χ3v) is 6.72. The average molecular weight is 499 g/mol. The second-order valence-electron chi connectivity index (χ2n) is 8.57. The number of rotatable bonds is 8. The number of thiocarbonyl (C=S) groups is 1. The van der Waals surface area contributed by atoms with E-state index in [1.807, 2.05) is 36.4 Å². The molecular weight excluding hydrogens is 468 g/mol. The Morgan fingerprint density at radius 2 is 2.03 bits per heavy atom. The van der Waals surface area contributed by atoms with Crippen LogP contribution in [0.5, 0.6) is 0 Å². The molecule has 0 radical (unpaired) electrons. The van der Waals surface area contributed by atoms with Crippen LogP contribution in [-0.4, -0.2) is 59.3 Å². The van der Waals surface area contributed by atoms with Crippen molar-refractivity contribution in [2.24, 2.45) is 0 Å². The van der Waals surface area contributed by atoms with Crippen LogP contribution in [-0.2, 0) is 17.7 Å². The lowest BCUT2D eigenvalue weighted by atomic mass is 10.1. The third kappa shape index (κ3) is 6.57. The molecule has 0 spiro atoms. The Labute approximate surface area is 210 Å². The first-order chi connectivity index (χ1) is 16.5. The van der Waals surface area contributed by atoms with Crippen molar-refractivity contribution in [1.29, 1.82) is 0 Å². The van der Waals surface area contributed by atoms with Crippen molar-refractivity contribution < 1.29 is 4.74 Å². The number of aromatic amines is 1. The molecule has 2 aromatic carbocycles. The number of fused-ring (bicyclic) bond motifs is 1. The standard InChI is InChI=1S/C26H31ClN4O2S/c1-2-19-7-8-24-20(15-19)16-21(25(32)29-24)18-31(10-4-9-30-11-13-33-14-12-30)26(34)28-23-6-3-5-22(27)17-23/h3,5-8,15-17H,2,4,9-14,18H2,1H3,(H,28,34)(H,29,32). The van der Waals surface area contributed by atoms with Crippen molar-refractivity contribution in [1.82, 2.24) is 14.8 Å². The van der Waals surface area contributed by atoms with Gasteiger partial charge in [-0.15, -0.1) is 0 Å². The number of pyridine rings is 1. The van der Waals surface area contributed by atoms with Gasteiger partial charge in [-0.2, -0.15) is 0 Å². The number of nitrogens with one attached hydrogen (secondary N) is 2. The van der Waals surface area contributed by atoms with Gasteiger partial charge in [0.15, 0.2) is 5.11 Å². The maximum atomic E-state index is 12.9. The minimum Gasteiger partial charge on any atom is -0.379 e. The predicted octanol–water partition coefficient (Wildman–Crippen LogP) is 4.67. The Kier molecular flexibility index (Phi) is 8.56. The molecule has 3 aromatic rings. The molecule has 4 rings (SSSR count). The maximum Gasteiger partial charge on any atom is 0.253 e. The molecule has 2 heterocycles. The summed E-state index contributed by atoms with van der Waals surface area (Å²) in [6.07, 6.45) is 1.88. The highest BCUT2D eigenvalue weighted by Crippen LogP contribution is 2.18. The Hall–Kier alpha value is -2.45. The summed E-state index contributed by atoms with van der Waals surface area (Å²) in [5.74, 6) is 0. The van der Waals surface area contributed by atoms with E-state index in [0.29, 0.717) is 22.2 Å². The topological polar surface area (TPSA) is 60.6 Å². The molecule has 0 unspecified atom stereocenters. The smallest absolute Gasteiger partial charge is 0.253 e. The number of ether oxygens (including phenoxy) is 1. The summed E-state index contributed by atoms with van der Waals surface area (Å²) in [5.41, 5.74) is 3.54. The summed E-state index contributed by atoms with van der Waals surface area (Å²) < 4.78 is 5.45. The molecule has 6 nitrogen and oxygen atoms in total. The van der Waals surface area contributed by atoms with Gasteiger partial charge in [0, 0.05) is 48.0 Å². The molecule has 0 amide bonds. The van der Waals surface area contributed by atoms with Crippen molar-refractivity contribution >= 4 is 45.5 Å². The van der Waals surface area contributed by atoms with Crippen LogP contribution in [0.4, 0.5) is 5.69 Å². The summed E-state index contributed by atoms with van der Waals surface area (Å²) in [4.78, 5) is 20.4. The largest absolute Gasteiger partial charge is 0.379 e. The van der Waals surface area contributed by atoms with E-state index in [9.17, 15) is 4.79 Å². The summed E-state index contributed by atoms with van der Waals surface area (Å²) >= 11 is 11.9. The first kappa shape index (κ1) is 24.7. The molecule has 0 atom stereocenters. The van der Waals surface area contributed by atoms with E-state index < -0.39 is 0 Å². The van der Waals surface area contributed by atoms with Crippen molar-refractivity contribution in [2.75, 3.05) is 44.7 Å². The predicted molar refractivity (Wildman–Crippen MR) is 144 cm³/mol. The zero-order valence-electron chi connectivity index (χ0n) is 19.5. The highest BCUT2D eigenvalue weighted by Gasteiger charge is 2.16. The quantitative estimate of drug-likeness (QED) is 0.440. The van der Waals surface area contributed by atoms with Crippen LogP contribution in [0.2, 0.25) is 5.02 Å². The summed E-state index contributed by atoms with van der Waals surface area (Å²) in [7, 11) is 0. The fourth-order valence-electron chi connectivity index (χ4n) is 4.18. The van der Waals surface area contributed by atoms with E-state index in [1.165, 1.54) is 5.56 Å². The number of hydrogen-bond acceptors (Lipinski definition) is 4. The molecule has 0 aliphatic carbocycles. The fraction of sp³-hybridized carbons (Fsp3) is 0.385. The Bertz CT molecular complexity index is 1190. The normalized spacial score (nSPS) is 14.3. The minimum absolute atomic E-state index is 0.0829. The zero-order chi connectivity index (χ0) is 23.9. The third-order valence-electron chi connectivity index (χ3n) is 6.12. The van der Waals surface area contributed by atoms with Crippen LogP contribution >= 0.6 is 23.8 Å². The molecule has 1 aliphatic rings. The number of halogens is 1. The lowest BCUT2D eigenvalue weighted by Gasteiger charge is -2.29. The van der Waals surface area contributed by atoms with Crippen LogP contribution in [0.1, 0.15) is 24.5 Å². The second-order valence-corrected chi connectivity index (χ2v) is 9.39. The van der Waals surface area contributed by atoms with Crippen LogP contribution in [0, 0.1) is 0 Å². The van der Waals surface area contributed by atoms with Gasteiger partial charge in [-0.05, 0) is 72.4 Å². The van der Waals surface area contributed by atoms with E-state index in [0.717, 1.165) is 68.8 Å². The number of aromatic nitrogens is 1. The van der Waals surface area contributed by atoms with Crippen LogP contribution in [0.15, 0.2) is 53.3 Å². The van der Waals surface area contributed by atoms with E-state index in [2.05, 4.69) is 39.2 Å². The summed E-state index contributed by atoms with van der Waals surface area (Å²) in [6.45, 7) is 7.73. The van der Waals surface area contributed by atoms with Crippen molar-refractivity contribution in [2.45, 2.75) is 26.3 Å². The average Bonchev–Trinajstić information content (AvgIpc) is 2.84. The highest BCUT2D eigenvalue weighted by atomic mass is 35.5. The SMILES string of the molecule is CCc1ccc2[nH]c(=O)c(CN(CCCN3CCOCC3)C(=S)Nc3cccc(Cl)c3)cc2c1. The molecule has 2 N–H and O–H groups in total. The van der Waals surface area contributed by atoms with Gasteiger partial charge in [-0.3, -0.25) is 9.69 Å². The first-order valence-corrected chi connectivity index (χ1v) is 12.6. The minimum atomic E-state index is -0.0829. The van der Waals surface area contributed by atoms with Gasteiger partial charge in [0.25, 0.3) is 5.56 Å². The summed E-state index contributed by atoms with van der Waals surface area (Å²) in [6, 6.07) is 15.6. The molecule has 0 saturated carbocycles. The van der Waals surface area contributed by atoms with Gasteiger partial charge in [-0.25, -0.2) is 0 Å². The molecule has 34 heavy (non-hydrogen) atoms. The summed E-state index contributed by atoms with van der Waals surface area (Å²) in [5, 5.41) is 5.55. The number of aryl methyl sites for hydroxylation is 1. The van der Waals surface area contributed by atoms with E-state index >= 15 is 0 Å². The van der Waals surface area contributed by atoms with Crippen LogP contribution < -0.4 is 10.9 Å². The van der Waals surface area contributed by atoms with Crippen LogP contribution in [0.25, 0.3) is 10.9 Å². The van der Waals surface area contributed by atoms with Gasteiger partial charge in [0.2, 0.25) is 0 Å². The number of nitrogens with zero attached hydrogens (tertiary/aromatic N) is 2. The molecule has 180 valence electrons. The van der Waals surface area contributed by atoms with E-state index in [4.69, 9.17) is 28.6 Å². The number of morpholine rings is 1. The monoisotopic (exact) mass is 498 g/mol. The van der Waals surface area contributed by atoms with Gasteiger partial charge in [0.05, 0.1) is 19.8 Å². The number of anilines is 1. The maximum absolute atomic E-state index is 12.9. The van der Waals surface area contributed by atoms with Crippen LogP contribution in [0.3, 0.4) is 0 Å². The molecule has 8 heteroatoms. The van der Waals surface area contributed by atoms with Crippen molar-refractivity contribution in [3.05, 3.63) is 75.0 Å². The highest BCUT2D eigenvalue weighted by molar-refractivity contribution is 7.80. The molecular formula is C26H31ClN4O2S. The zero-order valence-corrected chi connectivity index (χ0v) is 21.1. The lowest BCUT2D eigenvalue weighted by molar-refractivity contribution is 0.0367. The fourth-order valence-corrected chi connectivity index (χ4v) is 4.64. The van der Waals surface area contributed by atoms with Crippen molar-refractivity contribution in [3.63, 3.8) is 0 Å². The number of H-pyrrole nitrogens is 1. The Morgan fingerprint density at radius 1 is 1.21 bits per heavy atom. The van der Waals surface area contributed by atoms with Gasteiger partial charge in [0.1, 0.15) is 0 Å². The van der Waals surface area contributed by atoms with Crippen molar-refractivity contribution in [3.8, 4) is 0 Å². The van der Waals surface area contributed by atoms with E-state index in [-0.39, 0.29) is 5.56 Å². The van der Waals surface area contributed by atoms with Gasteiger partial charge in [-0.1, -0.05) is 30.7 Å². The second kappa shape index (κ2) is 11.8. The number of benzene rings is 2. The van der Waals surface area contributed by atoms with E-state index in [1.54, 1.807) is 0 Å². The Balaban J connectivity index is 1.53. The molecule has 1 fully saturated rings. The first-order valence-electron chi connectivity index (χ1n) is 11.8. The molecule has 1 saturated heterocycles.